The number of rotatable bonds is 72. The van der Waals surface area contributed by atoms with Crippen molar-refractivity contribution in [3.63, 3.8) is 0 Å². The molecule has 0 aromatic heterocycles. The molecular formula is C84H148NO8P. The van der Waals surface area contributed by atoms with Gasteiger partial charge in [-0.05, 0) is 109 Å². The Morgan fingerprint density at radius 2 is 0.606 bits per heavy atom. The van der Waals surface area contributed by atoms with Crippen molar-refractivity contribution in [1.29, 1.82) is 0 Å². The van der Waals surface area contributed by atoms with Crippen molar-refractivity contribution in [2.75, 3.05) is 47.5 Å². The van der Waals surface area contributed by atoms with Crippen molar-refractivity contribution in [3.8, 4) is 0 Å². The zero-order chi connectivity index (χ0) is 68.3. The highest BCUT2D eigenvalue weighted by molar-refractivity contribution is 7.45. The van der Waals surface area contributed by atoms with E-state index in [1.165, 1.54) is 212 Å². The molecule has 0 rings (SSSR count). The Labute approximate surface area is 581 Å². The van der Waals surface area contributed by atoms with Crippen LogP contribution in [0.1, 0.15) is 348 Å². The molecule has 0 fully saturated rings. The first-order chi connectivity index (χ1) is 46.0. The second-order valence-electron chi connectivity index (χ2n) is 27.3. The minimum Gasteiger partial charge on any atom is -0.756 e. The Balaban J connectivity index is 3.98. The van der Waals surface area contributed by atoms with Crippen LogP contribution in [0.5, 0.6) is 0 Å². The van der Waals surface area contributed by atoms with Gasteiger partial charge in [0.1, 0.15) is 19.8 Å². The predicted molar refractivity (Wildman–Crippen MR) is 406 cm³/mol. The SMILES string of the molecule is CC/C=C\C/C=C\C/C=C\C/C=C\C/C=C\C/C=C\C/C=C\C/C=C\CCCCCCC(=O)OC(COC(=O)CCCCCCCCCCCCCCCCCCCCCCCCCCCCCCC/C=C\C/C=C\CCCCCCC)COP(=O)([O-])OCC[N+](C)(C)C. The van der Waals surface area contributed by atoms with Gasteiger partial charge in [-0.1, -0.05) is 347 Å². The van der Waals surface area contributed by atoms with E-state index >= 15 is 0 Å². The zero-order valence-electron chi connectivity index (χ0n) is 61.9. The number of allylic oxidation sites excluding steroid dienone is 20. The van der Waals surface area contributed by atoms with Gasteiger partial charge in [-0.3, -0.25) is 14.2 Å². The smallest absolute Gasteiger partial charge is 0.306 e. The molecule has 0 saturated heterocycles. The van der Waals surface area contributed by atoms with Crippen LogP contribution in [0, 0.1) is 0 Å². The summed E-state index contributed by atoms with van der Waals surface area (Å²) < 4.78 is 34.3. The lowest BCUT2D eigenvalue weighted by Gasteiger charge is -2.28. The quantitative estimate of drug-likeness (QED) is 0.0195. The molecule has 0 heterocycles. The third-order valence-electron chi connectivity index (χ3n) is 17.0. The normalized spacial score (nSPS) is 13.7. The number of hydrogen-bond donors (Lipinski definition) is 0. The molecule has 2 unspecified atom stereocenters. The maximum absolute atomic E-state index is 12.9. The van der Waals surface area contributed by atoms with Crippen LogP contribution in [0.15, 0.2) is 122 Å². The van der Waals surface area contributed by atoms with E-state index in [4.69, 9.17) is 18.5 Å². The van der Waals surface area contributed by atoms with E-state index in [-0.39, 0.29) is 32.0 Å². The van der Waals surface area contributed by atoms with Crippen LogP contribution < -0.4 is 4.89 Å². The highest BCUT2D eigenvalue weighted by Crippen LogP contribution is 2.38. The van der Waals surface area contributed by atoms with Crippen LogP contribution in [-0.4, -0.2) is 70.0 Å². The van der Waals surface area contributed by atoms with E-state index in [2.05, 4.69) is 135 Å². The van der Waals surface area contributed by atoms with E-state index in [1.807, 2.05) is 21.1 Å². The van der Waals surface area contributed by atoms with Gasteiger partial charge in [0.25, 0.3) is 7.82 Å². The van der Waals surface area contributed by atoms with Gasteiger partial charge in [-0.25, -0.2) is 0 Å². The molecule has 0 spiro atoms. The van der Waals surface area contributed by atoms with Gasteiger partial charge in [0.05, 0.1) is 27.7 Å². The summed E-state index contributed by atoms with van der Waals surface area (Å²) in [5, 5.41) is 0. The summed E-state index contributed by atoms with van der Waals surface area (Å²) in [5.74, 6) is -0.857. The maximum Gasteiger partial charge on any atom is 0.306 e. The predicted octanol–water partition coefficient (Wildman–Crippen LogP) is 25.5. The second-order valence-corrected chi connectivity index (χ2v) is 28.8. The van der Waals surface area contributed by atoms with Gasteiger partial charge in [0.15, 0.2) is 6.10 Å². The fourth-order valence-electron chi connectivity index (χ4n) is 11.0. The lowest BCUT2D eigenvalue weighted by Crippen LogP contribution is -2.37. The number of esters is 2. The third kappa shape index (κ3) is 77.4. The number of likely N-dealkylation sites (N-methyl/N-ethyl adjacent to an activating group) is 1. The van der Waals surface area contributed by atoms with E-state index in [1.54, 1.807) is 0 Å². The third-order valence-corrected chi connectivity index (χ3v) is 17.9. The van der Waals surface area contributed by atoms with Crippen LogP contribution >= 0.6 is 7.82 Å². The van der Waals surface area contributed by atoms with Gasteiger partial charge in [-0.2, -0.15) is 0 Å². The Morgan fingerprint density at radius 3 is 0.904 bits per heavy atom. The topological polar surface area (TPSA) is 111 Å². The van der Waals surface area contributed by atoms with Crippen molar-refractivity contribution >= 4 is 19.8 Å². The van der Waals surface area contributed by atoms with Gasteiger partial charge in [-0.15, -0.1) is 0 Å². The fraction of sp³-hybridized carbons (Fsp3) is 0.738. The van der Waals surface area contributed by atoms with Crippen LogP contribution in [0.25, 0.3) is 0 Å². The summed E-state index contributed by atoms with van der Waals surface area (Å²) in [5.41, 5.74) is 0. The minimum absolute atomic E-state index is 0.0407. The van der Waals surface area contributed by atoms with Crippen molar-refractivity contribution in [3.05, 3.63) is 122 Å². The monoisotopic (exact) mass is 1330 g/mol. The summed E-state index contributed by atoms with van der Waals surface area (Å²) in [4.78, 5) is 38.1. The number of phosphoric acid groups is 1. The highest BCUT2D eigenvalue weighted by Gasteiger charge is 2.22. The first kappa shape index (κ1) is 90.4. The average molecular weight is 1330 g/mol. The summed E-state index contributed by atoms with van der Waals surface area (Å²) >= 11 is 0. The fourth-order valence-corrected chi connectivity index (χ4v) is 11.7. The summed E-state index contributed by atoms with van der Waals surface area (Å²) in [6.07, 6.45) is 106. The first-order valence-electron chi connectivity index (χ1n) is 39.2. The van der Waals surface area contributed by atoms with Gasteiger partial charge < -0.3 is 27.9 Å². The van der Waals surface area contributed by atoms with Crippen molar-refractivity contribution in [2.24, 2.45) is 0 Å². The molecule has 0 aromatic rings. The van der Waals surface area contributed by atoms with Gasteiger partial charge in [0, 0.05) is 12.8 Å². The molecular weight excluding hydrogens is 1180 g/mol. The molecule has 2 atom stereocenters. The summed E-state index contributed by atoms with van der Waals surface area (Å²) in [7, 11) is 1.14. The molecule has 0 aliphatic heterocycles. The van der Waals surface area contributed by atoms with E-state index in [0.29, 0.717) is 17.4 Å². The molecule has 0 aliphatic rings. The second kappa shape index (κ2) is 73.7. The maximum atomic E-state index is 12.9. The van der Waals surface area contributed by atoms with Crippen molar-refractivity contribution < 1.29 is 42.1 Å². The van der Waals surface area contributed by atoms with Gasteiger partial charge in [0.2, 0.25) is 0 Å². The summed E-state index contributed by atoms with van der Waals surface area (Å²) in [6.45, 7) is 4.11. The number of nitrogens with zero attached hydrogens (tertiary/aromatic N) is 1. The van der Waals surface area contributed by atoms with Crippen LogP contribution in [0.3, 0.4) is 0 Å². The lowest BCUT2D eigenvalue weighted by molar-refractivity contribution is -0.870. The first-order valence-corrected chi connectivity index (χ1v) is 40.7. The molecule has 0 bridgehead atoms. The average Bonchev–Trinajstić information content (AvgIpc) is 1.65. The van der Waals surface area contributed by atoms with E-state index in [9.17, 15) is 19.0 Å². The number of hydrogen-bond acceptors (Lipinski definition) is 8. The van der Waals surface area contributed by atoms with Crippen LogP contribution in [-0.2, 0) is 32.7 Å². The Kier molecular flexibility index (Phi) is 70.8. The number of ether oxygens (including phenoxy) is 2. The standard InChI is InChI=1S/C84H148NO8P/c1-6-8-10-12-14-16-18-20-22-24-26-28-30-32-34-36-37-38-39-40-41-42-43-44-45-46-47-49-50-52-54-56-58-60-62-64-66-68-70-72-74-76-83(86)90-80-82(81-92-94(88,89)91-79-78-85(3,4)5)93-84(87)77-75-73-71-69-67-65-63-61-59-57-55-53-51-48-35-33-31-29-27-25-23-21-19-17-15-13-11-9-7-2/h9,11,15,17-18,20-21,23-24,26-27,29,33,35,51,53,57,59,63,65,82H,6-8,10,12-14,16,19,22,25,28,30-32,34,36-50,52,54-56,58,60-62,64,66-81H2,1-5H3/b11-9-,17-15-,20-18-,23-21-,26-24-,29-27-,35-33-,53-51-,59-57-,65-63-. The van der Waals surface area contributed by atoms with Crippen LogP contribution in [0.2, 0.25) is 0 Å². The molecule has 0 N–H and O–H groups in total. The number of phosphoric ester groups is 1. The van der Waals surface area contributed by atoms with E-state index in [0.717, 1.165) is 103 Å². The lowest BCUT2D eigenvalue weighted by atomic mass is 10.0. The molecule has 0 radical (unpaired) electrons. The number of carbonyl (C=O) groups excluding carboxylic acids is 2. The molecule has 0 amide bonds. The molecule has 10 heteroatoms. The molecule has 0 aliphatic carbocycles. The van der Waals surface area contributed by atoms with Crippen molar-refractivity contribution in [2.45, 2.75) is 354 Å². The number of carbonyl (C=O) groups is 2. The van der Waals surface area contributed by atoms with Crippen LogP contribution in [0.4, 0.5) is 0 Å². The van der Waals surface area contributed by atoms with E-state index < -0.39 is 26.5 Å². The molecule has 542 valence electrons. The largest absolute Gasteiger partial charge is 0.756 e. The zero-order valence-corrected chi connectivity index (χ0v) is 62.8. The Morgan fingerprint density at radius 1 is 0.340 bits per heavy atom. The molecule has 0 aromatic carbocycles. The van der Waals surface area contributed by atoms with Gasteiger partial charge >= 0.3 is 11.9 Å². The molecule has 94 heavy (non-hydrogen) atoms. The summed E-state index contributed by atoms with van der Waals surface area (Å²) in [6, 6.07) is 0. The number of quaternary nitrogens is 1. The Hall–Kier alpha value is -3.59. The molecule has 9 nitrogen and oxygen atoms in total. The number of unbranched alkanes of at least 4 members (excludes halogenated alkanes) is 38. The molecule has 0 saturated carbocycles. The highest BCUT2D eigenvalue weighted by atomic mass is 31.2. The van der Waals surface area contributed by atoms with Crippen molar-refractivity contribution in [1.82, 2.24) is 0 Å². The minimum atomic E-state index is -4.66. The Bertz CT molecular complexity index is 2010.